The minimum atomic E-state index is -0.327. The second-order valence-corrected chi connectivity index (χ2v) is 11.9. The SMILES string of the molecule is COCCOc1cc(F)ccc1-c1c(N2CCC3(CC2)CNC3)nc(-c2ccc3c(cnn3C)c2)c2ccsc12. The van der Waals surface area contributed by atoms with E-state index in [1.165, 1.54) is 12.1 Å². The number of nitrogens with one attached hydrogen (secondary N) is 1. The number of aryl methyl sites for hydroxylation is 1. The van der Waals surface area contributed by atoms with Gasteiger partial charge in [-0.3, -0.25) is 4.68 Å². The van der Waals surface area contributed by atoms with Crippen LogP contribution in [0.3, 0.4) is 0 Å². The van der Waals surface area contributed by atoms with Gasteiger partial charge in [-0.1, -0.05) is 6.07 Å². The average Bonchev–Trinajstić information content (AvgIpc) is 3.59. The van der Waals surface area contributed by atoms with Gasteiger partial charge in [-0.05, 0) is 54.0 Å². The summed E-state index contributed by atoms with van der Waals surface area (Å²) in [5.41, 5.74) is 5.36. The zero-order chi connectivity index (χ0) is 27.3. The van der Waals surface area contributed by atoms with Gasteiger partial charge in [-0.15, -0.1) is 11.3 Å². The zero-order valence-electron chi connectivity index (χ0n) is 22.7. The first-order chi connectivity index (χ1) is 19.5. The molecule has 1 N–H and O–H groups in total. The van der Waals surface area contributed by atoms with Gasteiger partial charge in [0, 0.05) is 78.6 Å². The van der Waals surface area contributed by atoms with Crippen molar-refractivity contribution in [3.05, 3.63) is 59.9 Å². The molecule has 206 valence electrons. The van der Waals surface area contributed by atoms with Crippen molar-refractivity contribution in [2.45, 2.75) is 12.8 Å². The number of ether oxygens (including phenoxy) is 2. The molecule has 7 nitrogen and oxygen atoms in total. The monoisotopic (exact) mass is 557 g/mol. The van der Waals surface area contributed by atoms with Crippen molar-refractivity contribution in [1.29, 1.82) is 0 Å². The molecule has 2 aromatic carbocycles. The Balaban J connectivity index is 1.42. The van der Waals surface area contributed by atoms with Crippen molar-refractivity contribution in [2.24, 2.45) is 12.5 Å². The number of benzene rings is 2. The molecular formula is C31H32FN5O2S. The van der Waals surface area contributed by atoms with Gasteiger partial charge in [0.2, 0.25) is 0 Å². The van der Waals surface area contributed by atoms with Crippen LogP contribution < -0.4 is 15.0 Å². The van der Waals surface area contributed by atoms with Crippen molar-refractivity contribution in [3.8, 4) is 28.1 Å². The molecule has 40 heavy (non-hydrogen) atoms. The topological polar surface area (TPSA) is 64.4 Å². The van der Waals surface area contributed by atoms with Crippen molar-refractivity contribution in [1.82, 2.24) is 20.1 Å². The number of methoxy groups -OCH3 is 1. The Hall–Kier alpha value is -3.53. The van der Waals surface area contributed by atoms with Crippen LogP contribution in [0.1, 0.15) is 12.8 Å². The highest BCUT2D eigenvalue weighted by atomic mass is 32.1. The first-order valence-electron chi connectivity index (χ1n) is 13.8. The second-order valence-electron chi connectivity index (χ2n) is 10.9. The molecule has 7 rings (SSSR count). The Morgan fingerprint density at radius 2 is 1.93 bits per heavy atom. The molecule has 5 aromatic rings. The number of hydrogen-bond donors (Lipinski definition) is 1. The summed E-state index contributed by atoms with van der Waals surface area (Å²) < 4.78 is 28.8. The van der Waals surface area contributed by atoms with Crippen molar-refractivity contribution in [2.75, 3.05) is 51.4 Å². The highest BCUT2D eigenvalue weighted by molar-refractivity contribution is 7.18. The second kappa shape index (κ2) is 10.1. The molecule has 1 spiro atoms. The number of fused-ring (bicyclic) bond motifs is 2. The largest absolute Gasteiger partial charge is 0.490 e. The molecule has 0 amide bonds. The molecule has 0 atom stereocenters. The Labute approximate surface area is 236 Å². The summed E-state index contributed by atoms with van der Waals surface area (Å²) in [4.78, 5) is 7.85. The third kappa shape index (κ3) is 4.33. The summed E-state index contributed by atoms with van der Waals surface area (Å²) in [5, 5.41) is 12.2. The lowest BCUT2D eigenvalue weighted by molar-refractivity contribution is 0.126. The van der Waals surface area contributed by atoms with Crippen LogP contribution >= 0.6 is 11.3 Å². The van der Waals surface area contributed by atoms with Gasteiger partial charge < -0.3 is 19.7 Å². The predicted octanol–water partition coefficient (Wildman–Crippen LogP) is 5.87. The van der Waals surface area contributed by atoms with E-state index < -0.39 is 0 Å². The van der Waals surface area contributed by atoms with Gasteiger partial charge in [0.15, 0.2) is 0 Å². The molecule has 5 heterocycles. The van der Waals surface area contributed by atoms with Crippen molar-refractivity contribution < 1.29 is 13.9 Å². The lowest BCUT2D eigenvalue weighted by Crippen LogP contribution is -2.58. The molecule has 9 heteroatoms. The summed E-state index contributed by atoms with van der Waals surface area (Å²) >= 11 is 1.69. The number of nitrogens with zero attached hydrogens (tertiary/aromatic N) is 4. The van der Waals surface area contributed by atoms with Gasteiger partial charge >= 0.3 is 0 Å². The van der Waals surface area contributed by atoms with Crippen LogP contribution in [0.5, 0.6) is 5.75 Å². The smallest absolute Gasteiger partial charge is 0.138 e. The highest BCUT2D eigenvalue weighted by Gasteiger charge is 2.40. The van der Waals surface area contributed by atoms with E-state index >= 15 is 0 Å². The minimum Gasteiger partial charge on any atom is -0.490 e. The minimum absolute atomic E-state index is 0.327. The van der Waals surface area contributed by atoms with E-state index in [9.17, 15) is 4.39 Å². The number of rotatable bonds is 7. The normalized spacial score (nSPS) is 16.6. The Morgan fingerprint density at radius 3 is 2.70 bits per heavy atom. The molecule has 2 saturated heterocycles. The zero-order valence-corrected chi connectivity index (χ0v) is 23.6. The quantitative estimate of drug-likeness (QED) is 0.253. The number of hydrogen-bond acceptors (Lipinski definition) is 7. The van der Waals surface area contributed by atoms with E-state index in [0.29, 0.717) is 24.4 Å². The van der Waals surface area contributed by atoms with Gasteiger partial charge in [-0.25, -0.2) is 9.37 Å². The highest BCUT2D eigenvalue weighted by Crippen LogP contribution is 2.47. The number of thiophene rings is 1. The third-order valence-corrected chi connectivity index (χ3v) is 9.42. The van der Waals surface area contributed by atoms with E-state index in [2.05, 4.69) is 45.0 Å². The molecule has 0 radical (unpaired) electrons. The molecule has 2 fully saturated rings. The summed E-state index contributed by atoms with van der Waals surface area (Å²) in [6, 6.07) is 13.4. The third-order valence-electron chi connectivity index (χ3n) is 8.49. The van der Waals surface area contributed by atoms with E-state index in [1.807, 2.05) is 24.0 Å². The summed E-state index contributed by atoms with van der Waals surface area (Å²) in [6.07, 6.45) is 4.15. The molecular weight excluding hydrogens is 525 g/mol. The van der Waals surface area contributed by atoms with Gasteiger partial charge in [0.1, 0.15) is 24.0 Å². The first-order valence-corrected chi connectivity index (χ1v) is 14.6. The fourth-order valence-electron chi connectivity index (χ4n) is 6.10. The fraction of sp³-hybridized carbons (Fsp3) is 0.355. The van der Waals surface area contributed by atoms with E-state index in [0.717, 1.165) is 88.2 Å². The standard InChI is InChI=1S/C31H32FN5O2S/c1-36-25-6-3-20(15-21(25)17-34-36)28-24-7-14-40-29(24)27(23-5-4-22(32)16-26(23)39-13-12-38-2)30(35-28)37-10-8-31(9-11-37)18-33-19-31/h3-7,14-17,33H,8-13,18-19H2,1-2H3. The molecule has 2 aliphatic rings. The van der Waals surface area contributed by atoms with Crippen LogP contribution in [0, 0.1) is 11.2 Å². The lowest BCUT2D eigenvalue weighted by Gasteiger charge is -2.48. The molecule has 0 saturated carbocycles. The average molecular weight is 558 g/mol. The summed E-state index contributed by atoms with van der Waals surface area (Å²) in [6.45, 7) is 4.81. The number of piperidine rings is 1. The number of halogens is 1. The lowest BCUT2D eigenvalue weighted by atomic mass is 9.73. The predicted molar refractivity (Wildman–Crippen MR) is 159 cm³/mol. The maximum absolute atomic E-state index is 14.5. The first kappa shape index (κ1) is 25.4. The van der Waals surface area contributed by atoms with Gasteiger partial charge in [0.05, 0.1) is 24.0 Å². The molecule has 0 bridgehead atoms. The Morgan fingerprint density at radius 1 is 1.07 bits per heavy atom. The van der Waals surface area contributed by atoms with Crippen LogP contribution in [0.25, 0.3) is 43.4 Å². The number of anilines is 1. The number of aromatic nitrogens is 3. The van der Waals surface area contributed by atoms with Crippen LogP contribution in [0.15, 0.2) is 54.0 Å². The fourth-order valence-corrected chi connectivity index (χ4v) is 7.05. The van der Waals surface area contributed by atoms with Crippen LogP contribution in [-0.2, 0) is 11.8 Å². The van der Waals surface area contributed by atoms with E-state index in [4.69, 9.17) is 14.5 Å². The summed E-state index contributed by atoms with van der Waals surface area (Å²) in [5.74, 6) is 1.12. The maximum Gasteiger partial charge on any atom is 0.138 e. The molecule has 0 aliphatic carbocycles. The Kier molecular flexibility index (Phi) is 6.45. The molecule has 2 aliphatic heterocycles. The van der Waals surface area contributed by atoms with Crippen LogP contribution in [0.2, 0.25) is 0 Å². The van der Waals surface area contributed by atoms with Crippen LogP contribution in [-0.4, -0.2) is 61.3 Å². The van der Waals surface area contributed by atoms with E-state index in [-0.39, 0.29) is 5.82 Å². The molecule has 0 unspecified atom stereocenters. The van der Waals surface area contributed by atoms with Crippen molar-refractivity contribution >= 4 is 38.1 Å². The number of pyridine rings is 1. The molecule has 3 aromatic heterocycles. The van der Waals surface area contributed by atoms with Gasteiger partial charge in [0.25, 0.3) is 0 Å². The van der Waals surface area contributed by atoms with Crippen LogP contribution in [0.4, 0.5) is 10.2 Å². The maximum atomic E-state index is 14.5. The summed E-state index contributed by atoms with van der Waals surface area (Å²) in [7, 11) is 3.59. The Bertz CT molecular complexity index is 1700. The van der Waals surface area contributed by atoms with Gasteiger partial charge in [-0.2, -0.15) is 5.10 Å². The van der Waals surface area contributed by atoms with E-state index in [1.54, 1.807) is 18.4 Å². The van der Waals surface area contributed by atoms with Crippen molar-refractivity contribution in [3.63, 3.8) is 0 Å².